The number of halogens is 2. The number of rotatable bonds is 5. The number of ether oxygens (including phenoxy) is 1. The van der Waals surface area contributed by atoms with E-state index in [9.17, 15) is 18.4 Å². The number of carbonyl (C=O) groups excluding carboxylic acids is 2. The monoisotopic (exact) mass is 483 g/mol. The zero-order chi connectivity index (χ0) is 24.7. The first-order valence-corrected chi connectivity index (χ1v) is 12.3. The van der Waals surface area contributed by atoms with Gasteiger partial charge in [0.05, 0.1) is 13.1 Å². The van der Waals surface area contributed by atoms with Crippen LogP contribution in [0.25, 0.3) is 11.1 Å². The maximum absolute atomic E-state index is 13.1. The minimum Gasteiger partial charge on any atom is -0.444 e. The molecule has 4 aliphatic heterocycles. The van der Waals surface area contributed by atoms with E-state index in [1.54, 1.807) is 17.0 Å². The van der Waals surface area contributed by atoms with Crippen molar-refractivity contribution in [3.63, 3.8) is 0 Å². The Labute approximate surface area is 204 Å². The first kappa shape index (κ1) is 23.7. The van der Waals surface area contributed by atoms with Gasteiger partial charge in [-0.25, -0.2) is 13.6 Å². The molecule has 4 aliphatic rings. The summed E-state index contributed by atoms with van der Waals surface area (Å²) < 4.78 is 32.1. The van der Waals surface area contributed by atoms with E-state index in [0.717, 1.165) is 54.2 Å². The highest BCUT2D eigenvalue weighted by atomic mass is 19.3. The Bertz CT molecular complexity index is 1070. The van der Waals surface area contributed by atoms with E-state index in [2.05, 4.69) is 4.90 Å². The number of piperidine rings is 3. The third-order valence-corrected chi connectivity index (χ3v) is 7.30. The third-order valence-electron chi connectivity index (χ3n) is 7.30. The van der Waals surface area contributed by atoms with Gasteiger partial charge < -0.3 is 9.64 Å². The molecule has 4 saturated heterocycles. The number of benzene rings is 2. The molecule has 0 N–H and O–H groups in total. The van der Waals surface area contributed by atoms with Crippen LogP contribution >= 0.6 is 0 Å². The van der Waals surface area contributed by atoms with Crippen LogP contribution in [0.5, 0.6) is 0 Å². The molecule has 2 aromatic carbocycles. The van der Waals surface area contributed by atoms with Gasteiger partial charge >= 0.3 is 6.09 Å². The summed E-state index contributed by atoms with van der Waals surface area (Å²) in [7, 11) is 0. The molecule has 4 heterocycles. The number of fused-ring (bicyclic) bond motifs is 3. The van der Waals surface area contributed by atoms with Crippen molar-refractivity contribution in [2.45, 2.75) is 44.8 Å². The first-order chi connectivity index (χ1) is 16.7. The van der Waals surface area contributed by atoms with Gasteiger partial charge in [-0.2, -0.15) is 0 Å². The van der Waals surface area contributed by atoms with Crippen LogP contribution in [0, 0.1) is 5.92 Å². The van der Waals surface area contributed by atoms with E-state index < -0.39 is 19.0 Å². The second kappa shape index (κ2) is 9.22. The van der Waals surface area contributed by atoms with Crippen molar-refractivity contribution < 1.29 is 23.1 Å². The predicted molar refractivity (Wildman–Crippen MR) is 130 cm³/mol. The lowest BCUT2D eigenvalue weighted by molar-refractivity contribution is -0.113. The topological polar surface area (TPSA) is 53.1 Å². The molecule has 1 unspecified atom stereocenters. The number of nitrogens with zero attached hydrogens (tertiary/aromatic N) is 3. The summed E-state index contributed by atoms with van der Waals surface area (Å²) in [5, 5.41) is 0. The van der Waals surface area contributed by atoms with E-state index in [1.165, 1.54) is 0 Å². The van der Waals surface area contributed by atoms with Gasteiger partial charge in [-0.05, 0) is 81.1 Å². The zero-order valence-corrected chi connectivity index (χ0v) is 20.1. The number of hydrogen-bond donors (Lipinski definition) is 0. The summed E-state index contributed by atoms with van der Waals surface area (Å²) in [5.74, 6) is -2.71. The highest BCUT2D eigenvalue weighted by molar-refractivity contribution is 5.95. The van der Waals surface area contributed by atoms with Gasteiger partial charge in [0.25, 0.3) is 11.8 Å². The van der Waals surface area contributed by atoms with Gasteiger partial charge in [-0.1, -0.05) is 24.3 Å². The van der Waals surface area contributed by atoms with E-state index in [4.69, 9.17) is 4.74 Å². The fourth-order valence-electron chi connectivity index (χ4n) is 5.30. The van der Waals surface area contributed by atoms with Gasteiger partial charge in [0.15, 0.2) is 0 Å². The van der Waals surface area contributed by atoms with Crippen LogP contribution in [-0.4, -0.2) is 72.6 Å². The molecule has 4 fully saturated rings. The molecule has 186 valence electrons. The summed E-state index contributed by atoms with van der Waals surface area (Å²) >= 11 is 0. The highest BCUT2D eigenvalue weighted by Crippen LogP contribution is 2.32. The molecule has 0 radical (unpaired) electrons. The molecule has 2 amide bonds. The molecule has 0 aliphatic carbocycles. The second-order valence-electron chi connectivity index (χ2n) is 10.2. The molecular weight excluding hydrogens is 452 g/mol. The van der Waals surface area contributed by atoms with Crippen LogP contribution in [-0.2, 0) is 4.74 Å². The Morgan fingerprint density at radius 1 is 0.971 bits per heavy atom. The SMILES string of the molecule is CC(C)N(C(=O)OC1CN2CCC1CC2)c1ccc(-c2ccc(C(=O)N3CC(F)(F)C3)cc2)cc1. The summed E-state index contributed by atoms with van der Waals surface area (Å²) in [6.07, 6.45) is 1.81. The number of carbonyl (C=O) groups is 2. The summed E-state index contributed by atoms with van der Waals surface area (Å²) in [4.78, 5) is 30.7. The van der Waals surface area contributed by atoms with Gasteiger partial charge in [0, 0.05) is 23.8 Å². The van der Waals surface area contributed by atoms with Gasteiger partial charge in [-0.15, -0.1) is 0 Å². The van der Waals surface area contributed by atoms with Crippen molar-refractivity contribution in [3.8, 4) is 11.1 Å². The smallest absolute Gasteiger partial charge is 0.414 e. The maximum atomic E-state index is 13.1. The number of hydrogen-bond acceptors (Lipinski definition) is 4. The minimum atomic E-state index is -2.78. The molecule has 0 aromatic heterocycles. The molecular formula is C27H31F2N3O3. The number of likely N-dealkylation sites (tertiary alicyclic amines) is 1. The average Bonchev–Trinajstić information content (AvgIpc) is 2.83. The molecule has 8 heteroatoms. The van der Waals surface area contributed by atoms with Crippen LogP contribution in [0.2, 0.25) is 0 Å². The molecule has 2 aromatic rings. The van der Waals surface area contributed by atoms with Crippen LogP contribution < -0.4 is 4.90 Å². The van der Waals surface area contributed by atoms with Crippen molar-refractivity contribution in [1.82, 2.24) is 9.80 Å². The minimum absolute atomic E-state index is 0.0470. The van der Waals surface area contributed by atoms with Gasteiger partial charge in [0.1, 0.15) is 6.10 Å². The standard InChI is InChI=1S/C27H31F2N3O3/c1-18(2)32(26(34)35-24-15-30-13-11-21(24)12-14-30)23-9-7-20(8-10-23)19-3-5-22(6-4-19)25(33)31-16-27(28,29)17-31/h3-10,18,21,24H,11-17H2,1-2H3. The van der Waals surface area contributed by atoms with Crippen molar-refractivity contribution >= 4 is 17.7 Å². The van der Waals surface area contributed by atoms with Crippen LogP contribution in [0.15, 0.2) is 48.5 Å². The average molecular weight is 484 g/mol. The zero-order valence-electron chi connectivity index (χ0n) is 20.1. The summed E-state index contributed by atoms with van der Waals surface area (Å²) in [6, 6.07) is 14.5. The Morgan fingerprint density at radius 3 is 2.03 bits per heavy atom. The molecule has 0 spiro atoms. The maximum Gasteiger partial charge on any atom is 0.414 e. The van der Waals surface area contributed by atoms with E-state index in [0.29, 0.717) is 11.5 Å². The van der Waals surface area contributed by atoms with E-state index in [-0.39, 0.29) is 24.1 Å². The largest absolute Gasteiger partial charge is 0.444 e. The normalized spacial score (nSPS) is 24.7. The molecule has 6 nitrogen and oxygen atoms in total. The lowest BCUT2D eigenvalue weighted by Gasteiger charge is -2.44. The van der Waals surface area contributed by atoms with E-state index in [1.807, 2.05) is 50.2 Å². The van der Waals surface area contributed by atoms with Crippen molar-refractivity contribution in [2.24, 2.45) is 5.92 Å². The third kappa shape index (κ3) is 4.89. The van der Waals surface area contributed by atoms with Crippen molar-refractivity contribution in [2.75, 3.05) is 37.6 Å². The number of amides is 2. The Balaban J connectivity index is 1.25. The number of alkyl halides is 2. The summed E-state index contributed by atoms with van der Waals surface area (Å²) in [5.41, 5.74) is 2.98. The van der Waals surface area contributed by atoms with Crippen LogP contribution in [0.3, 0.4) is 0 Å². The van der Waals surface area contributed by atoms with Crippen molar-refractivity contribution in [1.29, 1.82) is 0 Å². The fraction of sp³-hybridized carbons (Fsp3) is 0.481. The molecule has 6 rings (SSSR count). The molecule has 1 atom stereocenters. The first-order valence-electron chi connectivity index (χ1n) is 12.3. The summed E-state index contributed by atoms with van der Waals surface area (Å²) in [6.45, 7) is 5.90. The molecule has 2 bridgehead atoms. The highest BCUT2D eigenvalue weighted by Gasteiger charge is 2.46. The van der Waals surface area contributed by atoms with Gasteiger partial charge in [0.2, 0.25) is 0 Å². The lowest BCUT2D eigenvalue weighted by Crippen LogP contribution is -2.58. The Morgan fingerprint density at radius 2 is 1.54 bits per heavy atom. The Kier molecular flexibility index (Phi) is 6.25. The fourth-order valence-corrected chi connectivity index (χ4v) is 5.30. The van der Waals surface area contributed by atoms with Gasteiger partial charge in [-0.3, -0.25) is 14.6 Å². The predicted octanol–water partition coefficient (Wildman–Crippen LogP) is 4.89. The van der Waals surface area contributed by atoms with Crippen LogP contribution in [0.4, 0.5) is 19.3 Å². The van der Waals surface area contributed by atoms with Crippen LogP contribution in [0.1, 0.15) is 37.0 Å². The molecule has 0 saturated carbocycles. The molecule has 35 heavy (non-hydrogen) atoms. The quantitative estimate of drug-likeness (QED) is 0.608. The lowest BCUT2D eigenvalue weighted by atomic mass is 9.86. The van der Waals surface area contributed by atoms with Crippen molar-refractivity contribution in [3.05, 3.63) is 54.1 Å². The second-order valence-corrected chi connectivity index (χ2v) is 10.2. The number of anilines is 1. The van der Waals surface area contributed by atoms with E-state index >= 15 is 0 Å². The Hall–Kier alpha value is -3.00.